The predicted molar refractivity (Wildman–Crippen MR) is 101 cm³/mol. The number of fused-ring (bicyclic) bond motifs is 1. The van der Waals surface area contributed by atoms with E-state index in [0.29, 0.717) is 30.0 Å². The molecule has 1 aromatic carbocycles. The fourth-order valence-corrected chi connectivity index (χ4v) is 3.74. The van der Waals surface area contributed by atoms with Crippen molar-refractivity contribution in [2.45, 2.75) is 52.0 Å². The highest BCUT2D eigenvalue weighted by Crippen LogP contribution is 2.33. The minimum Gasteiger partial charge on any atom is -0.467 e. The van der Waals surface area contributed by atoms with Gasteiger partial charge in [0.25, 0.3) is 5.91 Å². The number of hydrogen-bond donors (Lipinski definition) is 1. The van der Waals surface area contributed by atoms with E-state index >= 15 is 0 Å². The van der Waals surface area contributed by atoms with Gasteiger partial charge in [-0.15, -0.1) is 0 Å². The maximum Gasteiger partial charge on any atom is 0.331 e. The molecule has 1 N–H and O–H groups in total. The van der Waals surface area contributed by atoms with E-state index in [1.54, 1.807) is 0 Å². The molecule has 1 amide bonds. The van der Waals surface area contributed by atoms with Crippen LogP contribution in [0.5, 0.6) is 0 Å². The molecule has 0 bridgehead atoms. The third kappa shape index (κ3) is 3.43. The van der Waals surface area contributed by atoms with Crippen molar-refractivity contribution < 1.29 is 14.3 Å². The number of aryl methyl sites for hydroxylation is 2. The normalized spacial score (nSPS) is 22.8. The Morgan fingerprint density at radius 2 is 1.88 bits per heavy atom. The monoisotopic (exact) mass is 354 g/mol. The number of amides is 1. The molecule has 0 spiro atoms. The molecular weight excluding hydrogens is 328 g/mol. The average molecular weight is 354 g/mol. The summed E-state index contributed by atoms with van der Waals surface area (Å²) in [5.74, 6) is -0.0740. The molecule has 0 radical (unpaired) electrons. The summed E-state index contributed by atoms with van der Waals surface area (Å²) in [5, 5.41) is 3.91. The molecule has 5 nitrogen and oxygen atoms in total. The van der Waals surface area contributed by atoms with Crippen LogP contribution in [0.2, 0.25) is 0 Å². The highest BCUT2D eigenvalue weighted by molar-refractivity contribution is 6.01. The molecule has 0 atom stereocenters. The largest absolute Gasteiger partial charge is 0.467 e. The summed E-state index contributed by atoms with van der Waals surface area (Å²) in [5.41, 5.74) is 2.19. The minimum absolute atomic E-state index is 0.265. The van der Waals surface area contributed by atoms with E-state index in [-0.39, 0.29) is 11.9 Å². The number of aromatic nitrogens is 1. The number of carbonyl (C=O) groups is 2. The van der Waals surface area contributed by atoms with Crippen LogP contribution < -0.4 is 5.32 Å². The van der Waals surface area contributed by atoms with E-state index in [1.165, 1.54) is 7.11 Å². The van der Waals surface area contributed by atoms with Crippen LogP contribution in [0.25, 0.3) is 10.9 Å². The molecule has 1 aliphatic rings. The molecule has 3 rings (SSSR count). The number of nitrogens with zero attached hydrogens (tertiary/aromatic N) is 1. The number of methoxy groups -OCH3 is 1. The molecular formula is C21H26N2O3. The predicted octanol–water partition coefficient (Wildman–Crippen LogP) is 3.70. The maximum atomic E-state index is 13.0. The molecule has 2 aromatic rings. The van der Waals surface area contributed by atoms with Crippen LogP contribution in [0.3, 0.4) is 0 Å². The van der Waals surface area contributed by atoms with Gasteiger partial charge in [-0.1, -0.05) is 18.6 Å². The van der Waals surface area contributed by atoms with Gasteiger partial charge in [0.1, 0.15) is 5.54 Å². The van der Waals surface area contributed by atoms with Crippen molar-refractivity contribution in [3.63, 3.8) is 0 Å². The second kappa shape index (κ2) is 7.06. The zero-order valence-corrected chi connectivity index (χ0v) is 15.9. The third-order valence-electron chi connectivity index (χ3n) is 5.46. The number of nitrogens with one attached hydrogen (secondary N) is 1. The van der Waals surface area contributed by atoms with Gasteiger partial charge in [0.15, 0.2) is 0 Å². The molecule has 1 aromatic heterocycles. The first-order chi connectivity index (χ1) is 12.3. The van der Waals surface area contributed by atoms with Crippen molar-refractivity contribution >= 4 is 22.8 Å². The van der Waals surface area contributed by atoms with E-state index in [2.05, 4.69) is 17.2 Å². The molecule has 1 heterocycles. The van der Waals surface area contributed by atoms with Gasteiger partial charge in [0.2, 0.25) is 0 Å². The van der Waals surface area contributed by atoms with E-state index in [9.17, 15) is 9.59 Å². The zero-order chi connectivity index (χ0) is 18.9. The molecule has 1 fully saturated rings. The van der Waals surface area contributed by atoms with E-state index < -0.39 is 5.54 Å². The SMILES string of the molecule is COC(=O)C1(NC(=O)c2cc3cc(C)ccc3nc2C)CCC(C)CC1. The van der Waals surface area contributed by atoms with Crippen molar-refractivity contribution in [1.82, 2.24) is 10.3 Å². The van der Waals surface area contributed by atoms with Crippen LogP contribution in [-0.2, 0) is 9.53 Å². The first-order valence-corrected chi connectivity index (χ1v) is 9.13. The lowest BCUT2D eigenvalue weighted by Crippen LogP contribution is -2.56. The van der Waals surface area contributed by atoms with Crippen LogP contribution in [-0.4, -0.2) is 29.5 Å². The molecule has 0 saturated heterocycles. The Morgan fingerprint density at radius 3 is 2.54 bits per heavy atom. The Bertz CT molecular complexity index is 852. The van der Waals surface area contributed by atoms with Gasteiger partial charge in [0, 0.05) is 5.39 Å². The van der Waals surface area contributed by atoms with Gasteiger partial charge in [-0.25, -0.2) is 4.79 Å². The Morgan fingerprint density at radius 1 is 1.19 bits per heavy atom. The lowest BCUT2D eigenvalue weighted by Gasteiger charge is -2.37. The third-order valence-corrected chi connectivity index (χ3v) is 5.46. The average Bonchev–Trinajstić information content (AvgIpc) is 2.62. The first-order valence-electron chi connectivity index (χ1n) is 9.13. The van der Waals surface area contributed by atoms with Gasteiger partial charge in [-0.2, -0.15) is 0 Å². The second-order valence-corrected chi connectivity index (χ2v) is 7.53. The van der Waals surface area contributed by atoms with Crippen LogP contribution in [0, 0.1) is 19.8 Å². The Hall–Kier alpha value is -2.43. The standard InChI is InChI=1S/C21H26N2O3/c1-13-7-9-21(10-8-13,20(25)26-4)23-19(24)17-12-16-11-14(2)5-6-18(16)22-15(17)3/h5-6,11-13H,7-10H2,1-4H3,(H,23,24). The van der Waals surface area contributed by atoms with Crippen molar-refractivity contribution in [2.75, 3.05) is 7.11 Å². The Labute approximate surface area is 154 Å². The fraction of sp³-hybridized carbons (Fsp3) is 0.476. The van der Waals surface area contributed by atoms with Gasteiger partial charge in [0.05, 0.1) is 23.9 Å². The molecule has 0 unspecified atom stereocenters. The lowest BCUT2D eigenvalue weighted by atomic mass is 9.77. The molecule has 0 aliphatic heterocycles. The molecule has 26 heavy (non-hydrogen) atoms. The number of benzene rings is 1. The summed E-state index contributed by atoms with van der Waals surface area (Å²) in [6.45, 7) is 6.00. The highest BCUT2D eigenvalue weighted by atomic mass is 16.5. The summed E-state index contributed by atoms with van der Waals surface area (Å²) >= 11 is 0. The Balaban J connectivity index is 1.93. The zero-order valence-electron chi connectivity index (χ0n) is 15.9. The van der Waals surface area contributed by atoms with Gasteiger partial charge >= 0.3 is 5.97 Å². The number of ether oxygens (including phenoxy) is 1. The summed E-state index contributed by atoms with van der Waals surface area (Å²) in [6, 6.07) is 7.83. The van der Waals surface area contributed by atoms with Crippen LogP contribution in [0.15, 0.2) is 24.3 Å². The van der Waals surface area contributed by atoms with Crippen LogP contribution >= 0.6 is 0 Å². The molecule has 5 heteroatoms. The quantitative estimate of drug-likeness (QED) is 0.853. The number of rotatable bonds is 3. The van der Waals surface area contributed by atoms with Gasteiger partial charge in [-0.05, 0) is 63.6 Å². The topological polar surface area (TPSA) is 68.3 Å². The van der Waals surface area contributed by atoms with Crippen LogP contribution in [0.4, 0.5) is 0 Å². The van der Waals surface area contributed by atoms with Gasteiger partial charge < -0.3 is 10.1 Å². The van der Waals surface area contributed by atoms with E-state index in [1.807, 2.05) is 38.1 Å². The summed E-state index contributed by atoms with van der Waals surface area (Å²) in [4.78, 5) is 30.0. The summed E-state index contributed by atoms with van der Waals surface area (Å²) in [7, 11) is 1.37. The number of carbonyl (C=O) groups excluding carboxylic acids is 2. The smallest absolute Gasteiger partial charge is 0.331 e. The minimum atomic E-state index is -0.938. The second-order valence-electron chi connectivity index (χ2n) is 7.53. The van der Waals surface area contributed by atoms with E-state index in [0.717, 1.165) is 29.3 Å². The van der Waals surface area contributed by atoms with Crippen molar-refractivity contribution in [1.29, 1.82) is 0 Å². The van der Waals surface area contributed by atoms with Crippen LogP contribution in [0.1, 0.15) is 54.2 Å². The number of esters is 1. The van der Waals surface area contributed by atoms with Crippen molar-refractivity contribution in [3.05, 3.63) is 41.1 Å². The van der Waals surface area contributed by atoms with Gasteiger partial charge in [-0.3, -0.25) is 9.78 Å². The maximum absolute atomic E-state index is 13.0. The molecule has 1 aliphatic carbocycles. The Kier molecular flexibility index (Phi) is 4.99. The summed E-state index contributed by atoms with van der Waals surface area (Å²) in [6.07, 6.45) is 2.99. The first kappa shape index (κ1) is 18.4. The van der Waals surface area contributed by atoms with Crippen molar-refractivity contribution in [3.8, 4) is 0 Å². The highest BCUT2D eigenvalue weighted by Gasteiger charge is 2.43. The molecule has 138 valence electrons. The summed E-state index contributed by atoms with van der Waals surface area (Å²) < 4.78 is 5.01. The fourth-order valence-electron chi connectivity index (χ4n) is 3.74. The number of hydrogen-bond acceptors (Lipinski definition) is 4. The van der Waals surface area contributed by atoms with E-state index in [4.69, 9.17) is 4.74 Å². The lowest BCUT2D eigenvalue weighted by molar-refractivity contribution is -0.150. The van der Waals surface area contributed by atoms with Crippen molar-refractivity contribution in [2.24, 2.45) is 5.92 Å². The molecule has 1 saturated carbocycles. The number of pyridine rings is 1.